The number of benzene rings is 2. The molecule has 106 valence electrons. The highest BCUT2D eigenvalue weighted by atomic mass is 16.5. The third-order valence-electron chi connectivity index (χ3n) is 3.26. The molecule has 21 heavy (non-hydrogen) atoms. The summed E-state index contributed by atoms with van der Waals surface area (Å²) in [7, 11) is 0. The lowest BCUT2D eigenvalue weighted by Crippen LogP contribution is -2.01. The lowest BCUT2D eigenvalue weighted by atomic mass is 10.2. The molecule has 1 aromatic heterocycles. The van der Waals surface area contributed by atoms with Gasteiger partial charge in [-0.25, -0.2) is 0 Å². The molecule has 0 aliphatic heterocycles. The number of hydrogen-bond acceptors (Lipinski definition) is 3. The Bertz CT molecular complexity index is 707. The van der Waals surface area contributed by atoms with E-state index in [0.717, 1.165) is 28.4 Å². The van der Waals surface area contributed by atoms with Crippen molar-refractivity contribution in [1.82, 2.24) is 10.2 Å². The molecule has 3 rings (SSSR count). The van der Waals surface area contributed by atoms with Gasteiger partial charge in [-0.2, -0.15) is 5.10 Å². The molecule has 0 aliphatic carbocycles. The number of aromatic nitrogens is 2. The molecule has 0 bridgehead atoms. The molecule has 0 spiro atoms. The van der Waals surface area contributed by atoms with Crippen LogP contribution in [0.4, 0.5) is 5.69 Å². The molecule has 2 aromatic carbocycles. The van der Waals surface area contributed by atoms with Crippen LogP contribution in [0.3, 0.4) is 0 Å². The normalized spacial score (nSPS) is 10.3. The van der Waals surface area contributed by atoms with E-state index >= 15 is 0 Å². The fraction of sp³-hybridized carbons (Fsp3) is 0.118. The van der Waals surface area contributed by atoms with Crippen molar-refractivity contribution in [2.45, 2.75) is 13.5 Å². The molecular weight excluding hydrogens is 262 g/mol. The Morgan fingerprint density at radius 1 is 1.05 bits per heavy atom. The molecule has 0 amide bonds. The second kappa shape index (κ2) is 6.13. The van der Waals surface area contributed by atoms with E-state index in [2.05, 4.69) is 15.5 Å². The van der Waals surface area contributed by atoms with Crippen LogP contribution in [0.15, 0.2) is 60.8 Å². The second-order valence-electron chi connectivity index (χ2n) is 4.79. The zero-order chi connectivity index (χ0) is 14.5. The van der Waals surface area contributed by atoms with Crippen LogP contribution < -0.4 is 10.1 Å². The standard InChI is InChI=1S/C17H17N3O/c1-13-14(12-19-20-13)11-18-16-9-5-6-10-17(16)21-15-7-3-2-4-8-15/h2-10,12,18H,11H2,1H3,(H,19,20). The van der Waals surface area contributed by atoms with Crippen molar-refractivity contribution >= 4 is 5.69 Å². The predicted octanol–water partition coefficient (Wildman–Crippen LogP) is 4.12. The van der Waals surface area contributed by atoms with E-state index in [0.29, 0.717) is 6.54 Å². The Morgan fingerprint density at radius 3 is 2.57 bits per heavy atom. The van der Waals surface area contributed by atoms with E-state index in [9.17, 15) is 0 Å². The van der Waals surface area contributed by atoms with E-state index in [4.69, 9.17) is 4.74 Å². The third kappa shape index (κ3) is 3.23. The van der Waals surface area contributed by atoms with E-state index in [1.54, 1.807) is 0 Å². The maximum absolute atomic E-state index is 5.92. The number of para-hydroxylation sites is 3. The first-order valence-corrected chi connectivity index (χ1v) is 6.87. The Hall–Kier alpha value is -2.75. The van der Waals surface area contributed by atoms with Gasteiger partial charge in [0.05, 0.1) is 11.9 Å². The Labute approximate surface area is 123 Å². The smallest absolute Gasteiger partial charge is 0.150 e. The molecule has 0 unspecified atom stereocenters. The van der Waals surface area contributed by atoms with Gasteiger partial charge in [0.2, 0.25) is 0 Å². The van der Waals surface area contributed by atoms with Gasteiger partial charge in [0, 0.05) is 17.8 Å². The molecule has 2 N–H and O–H groups in total. The average molecular weight is 279 g/mol. The van der Waals surface area contributed by atoms with Gasteiger partial charge in [-0.15, -0.1) is 0 Å². The van der Waals surface area contributed by atoms with Crippen molar-refractivity contribution in [2.75, 3.05) is 5.32 Å². The van der Waals surface area contributed by atoms with Crippen LogP contribution in [0.2, 0.25) is 0 Å². The van der Waals surface area contributed by atoms with Gasteiger partial charge < -0.3 is 10.1 Å². The number of anilines is 1. The van der Waals surface area contributed by atoms with Crippen molar-refractivity contribution in [3.05, 3.63) is 72.1 Å². The molecule has 0 saturated heterocycles. The summed E-state index contributed by atoms with van der Waals surface area (Å²) < 4.78 is 5.92. The van der Waals surface area contributed by atoms with Crippen molar-refractivity contribution in [1.29, 1.82) is 0 Å². The third-order valence-corrected chi connectivity index (χ3v) is 3.26. The number of rotatable bonds is 5. The predicted molar refractivity (Wildman–Crippen MR) is 83.6 cm³/mol. The van der Waals surface area contributed by atoms with Gasteiger partial charge in [0.15, 0.2) is 5.75 Å². The van der Waals surface area contributed by atoms with E-state index in [-0.39, 0.29) is 0 Å². The molecule has 0 fully saturated rings. The van der Waals surface area contributed by atoms with Gasteiger partial charge in [0.25, 0.3) is 0 Å². The topological polar surface area (TPSA) is 49.9 Å². The summed E-state index contributed by atoms with van der Waals surface area (Å²) in [5.74, 6) is 1.64. The number of aromatic amines is 1. The minimum atomic E-state index is 0.706. The zero-order valence-corrected chi connectivity index (χ0v) is 11.8. The molecule has 1 heterocycles. The maximum Gasteiger partial charge on any atom is 0.150 e. The fourth-order valence-corrected chi connectivity index (χ4v) is 2.06. The summed E-state index contributed by atoms with van der Waals surface area (Å²) in [6.45, 7) is 2.72. The van der Waals surface area contributed by atoms with Gasteiger partial charge in [-0.1, -0.05) is 30.3 Å². The van der Waals surface area contributed by atoms with Crippen LogP contribution in [0.1, 0.15) is 11.3 Å². The first-order valence-electron chi connectivity index (χ1n) is 6.87. The van der Waals surface area contributed by atoms with Crippen LogP contribution in [0, 0.1) is 6.92 Å². The molecule has 0 radical (unpaired) electrons. The summed E-state index contributed by atoms with van der Waals surface area (Å²) in [5, 5.41) is 10.4. The Balaban J connectivity index is 1.75. The number of ether oxygens (including phenoxy) is 1. The summed E-state index contributed by atoms with van der Waals surface area (Å²) in [5.41, 5.74) is 3.18. The molecule has 4 heteroatoms. The number of aryl methyl sites for hydroxylation is 1. The van der Waals surface area contributed by atoms with Crippen LogP contribution in [-0.4, -0.2) is 10.2 Å². The van der Waals surface area contributed by atoms with E-state index in [1.165, 1.54) is 0 Å². The van der Waals surface area contributed by atoms with Crippen LogP contribution in [0.5, 0.6) is 11.5 Å². The van der Waals surface area contributed by atoms with E-state index in [1.807, 2.05) is 67.7 Å². The lowest BCUT2D eigenvalue weighted by molar-refractivity contribution is 0.484. The van der Waals surface area contributed by atoms with Gasteiger partial charge in [0.1, 0.15) is 5.75 Å². The second-order valence-corrected chi connectivity index (χ2v) is 4.79. The first-order chi connectivity index (χ1) is 10.3. The molecule has 0 aliphatic rings. The molecule has 3 aromatic rings. The van der Waals surface area contributed by atoms with Crippen LogP contribution in [0.25, 0.3) is 0 Å². The lowest BCUT2D eigenvalue weighted by Gasteiger charge is -2.12. The largest absolute Gasteiger partial charge is 0.455 e. The van der Waals surface area contributed by atoms with E-state index < -0.39 is 0 Å². The van der Waals surface area contributed by atoms with Crippen molar-refractivity contribution in [2.24, 2.45) is 0 Å². The van der Waals surface area contributed by atoms with Crippen LogP contribution >= 0.6 is 0 Å². The molecule has 0 atom stereocenters. The van der Waals surface area contributed by atoms with Gasteiger partial charge in [-0.3, -0.25) is 5.10 Å². The summed E-state index contributed by atoms with van der Waals surface area (Å²) in [4.78, 5) is 0. The Kier molecular flexibility index (Phi) is 3.87. The van der Waals surface area contributed by atoms with Crippen molar-refractivity contribution < 1.29 is 4.74 Å². The summed E-state index contributed by atoms with van der Waals surface area (Å²) >= 11 is 0. The highest BCUT2D eigenvalue weighted by molar-refractivity contribution is 5.57. The number of nitrogens with one attached hydrogen (secondary N) is 2. The van der Waals surface area contributed by atoms with Gasteiger partial charge >= 0.3 is 0 Å². The highest BCUT2D eigenvalue weighted by Gasteiger charge is 2.05. The number of nitrogens with zero attached hydrogens (tertiary/aromatic N) is 1. The van der Waals surface area contributed by atoms with Crippen molar-refractivity contribution in [3.63, 3.8) is 0 Å². The SMILES string of the molecule is Cc1[nH]ncc1CNc1ccccc1Oc1ccccc1. The minimum Gasteiger partial charge on any atom is -0.455 e. The first kappa shape index (κ1) is 13.2. The highest BCUT2D eigenvalue weighted by Crippen LogP contribution is 2.29. The number of H-pyrrole nitrogens is 1. The molecule has 4 nitrogen and oxygen atoms in total. The molecular formula is C17H17N3O. The Morgan fingerprint density at radius 2 is 1.81 bits per heavy atom. The summed E-state index contributed by atoms with van der Waals surface area (Å²) in [6, 6.07) is 17.7. The quantitative estimate of drug-likeness (QED) is 0.738. The minimum absolute atomic E-state index is 0.706. The average Bonchev–Trinajstić information content (AvgIpc) is 2.93. The fourth-order valence-electron chi connectivity index (χ4n) is 2.06. The zero-order valence-electron chi connectivity index (χ0n) is 11.8. The monoisotopic (exact) mass is 279 g/mol. The maximum atomic E-state index is 5.92. The number of hydrogen-bond donors (Lipinski definition) is 2. The van der Waals surface area contributed by atoms with Crippen LogP contribution in [-0.2, 0) is 6.54 Å². The molecule has 0 saturated carbocycles. The summed E-state index contributed by atoms with van der Waals surface area (Å²) in [6.07, 6.45) is 1.84. The van der Waals surface area contributed by atoms with Crippen molar-refractivity contribution in [3.8, 4) is 11.5 Å². The van der Waals surface area contributed by atoms with Gasteiger partial charge in [-0.05, 0) is 31.2 Å².